The summed E-state index contributed by atoms with van der Waals surface area (Å²) in [4.78, 5) is 24.9. The van der Waals surface area contributed by atoms with Gasteiger partial charge in [-0.25, -0.2) is 0 Å². The van der Waals surface area contributed by atoms with Crippen LogP contribution in [0.25, 0.3) is 0 Å². The molecule has 1 amide bonds. The maximum absolute atomic E-state index is 11.9. The molecule has 19 heavy (non-hydrogen) atoms. The number of hydrogen-bond donors (Lipinski definition) is 1. The third-order valence-corrected chi connectivity index (χ3v) is 3.78. The minimum atomic E-state index is -0.281. The summed E-state index contributed by atoms with van der Waals surface area (Å²) in [6.07, 6.45) is 2.28. The molecule has 0 fully saturated rings. The van der Waals surface area contributed by atoms with Crippen LogP contribution < -0.4 is 5.32 Å². The van der Waals surface area contributed by atoms with Crippen molar-refractivity contribution < 1.29 is 14.3 Å². The van der Waals surface area contributed by atoms with E-state index < -0.39 is 0 Å². The van der Waals surface area contributed by atoms with E-state index in [9.17, 15) is 9.59 Å². The number of amides is 1. The number of carbonyl (C=O) groups excluding carboxylic acids is 2. The normalized spacial score (nSPS) is 10.3. The van der Waals surface area contributed by atoms with E-state index in [0.717, 1.165) is 12.8 Å². The molecule has 1 aromatic rings. The highest BCUT2D eigenvalue weighted by molar-refractivity contribution is 7.14. The fourth-order valence-corrected chi connectivity index (χ4v) is 2.74. The van der Waals surface area contributed by atoms with E-state index in [1.165, 1.54) is 21.8 Å². The second-order valence-corrected chi connectivity index (χ2v) is 5.51. The number of ether oxygens (including phenoxy) is 1. The Morgan fingerprint density at radius 3 is 2.74 bits per heavy atom. The predicted molar refractivity (Wildman–Crippen MR) is 76.6 cm³/mol. The predicted octanol–water partition coefficient (Wildman–Crippen LogP) is 2.69. The fourth-order valence-electron chi connectivity index (χ4n) is 1.75. The Labute approximate surface area is 118 Å². The van der Waals surface area contributed by atoms with E-state index in [-0.39, 0.29) is 18.3 Å². The molecule has 106 valence electrons. The molecule has 0 aromatic carbocycles. The molecular formula is C14H21NO3S. The molecule has 1 heterocycles. The first-order chi connectivity index (χ1) is 9.08. The van der Waals surface area contributed by atoms with Gasteiger partial charge in [-0.05, 0) is 31.9 Å². The lowest BCUT2D eigenvalue weighted by Crippen LogP contribution is -2.25. The Balaban J connectivity index is 2.45. The SMILES string of the molecule is CCCc1cc(C(=O)NCCC(=O)OCC)sc1C. The molecule has 0 atom stereocenters. The van der Waals surface area contributed by atoms with E-state index >= 15 is 0 Å². The van der Waals surface area contributed by atoms with E-state index in [1.807, 2.05) is 13.0 Å². The topological polar surface area (TPSA) is 55.4 Å². The second-order valence-electron chi connectivity index (χ2n) is 4.25. The van der Waals surface area contributed by atoms with Gasteiger partial charge in [0.15, 0.2) is 0 Å². The van der Waals surface area contributed by atoms with Crippen LogP contribution in [0, 0.1) is 6.92 Å². The molecule has 0 radical (unpaired) electrons. The maximum Gasteiger partial charge on any atom is 0.307 e. The van der Waals surface area contributed by atoms with Crippen molar-refractivity contribution in [1.29, 1.82) is 0 Å². The number of nitrogens with one attached hydrogen (secondary N) is 1. The van der Waals surface area contributed by atoms with Crippen LogP contribution >= 0.6 is 11.3 Å². The molecule has 0 aliphatic heterocycles. The van der Waals surface area contributed by atoms with E-state index in [0.29, 0.717) is 18.0 Å². The number of aryl methyl sites for hydroxylation is 2. The van der Waals surface area contributed by atoms with Gasteiger partial charge in [0.05, 0.1) is 17.9 Å². The molecule has 1 aromatic heterocycles. The summed E-state index contributed by atoms with van der Waals surface area (Å²) in [6, 6.07) is 1.95. The van der Waals surface area contributed by atoms with Crippen LogP contribution in [0.3, 0.4) is 0 Å². The summed E-state index contributed by atoms with van der Waals surface area (Å²) in [6.45, 7) is 6.61. The first kappa shape index (κ1) is 15.7. The van der Waals surface area contributed by atoms with Crippen molar-refractivity contribution in [3.05, 3.63) is 21.4 Å². The van der Waals surface area contributed by atoms with Gasteiger partial charge >= 0.3 is 5.97 Å². The molecule has 1 rings (SSSR count). The van der Waals surface area contributed by atoms with Gasteiger partial charge in [-0.3, -0.25) is 9.59 Å². The van der Waals surface area contributed by atoms with Crippen LogP contribution in [0.1, 0.15) is 46.8 Å². The minimum absolute atomic E-state index is 0.111. The molecule has 1 N–H and O–H groups in total. The Morgan fingerprint density at radius 1 is 1.37 bits per heavy atom. The Morgan fingerprint density at radius 2 is 2.11 bits per heavy atom. The van der Waals surface area contributed by atoms with Gasteiger partial charge in [0.25, 0.3) is 5.91 Å². The average molecular weight is 283 g/mol. The highest BCUT2D eigenvalue weighted by Gasteiger charge is 2.12. The van der Waals surface area contributed by atoms with Gasteiger partial charge in [-0.15, -0.1) is 11.3 Å². The van der Waals surface area contributed by atoms with Crippen molar-refractivity contribution in [2.24, 2.45) is 0 Å². The molecular weight excluding hydrogens is 262 g/mol. The minimum Gasteiger partial charge on any atom is -0.466 e. The molecule has 5 heteroatoms. The molecule has 0 saturated heterocycles. The van der Waals surface area contributed by atoms with Gasteiger partial charge in [0, 0.05) is 11.4 Å². The van der Waals surface area contributed by atoms with Crippen molar-refractivity contribution in [3.8, 4) is 0 Å². The first-order valence-electron chi connectivity index (χ1n) is 6.61. The van der Waals surface area contributed by atoms with Gasteiger partial charge < -0.3 is 10.1 Å². The van der Waals surface area contributed by atoms with Crippen LogP contribution in [-0.4, -0.2) is 25.0 Å². The van der Waals surface area contributed by atoms with Crippen LogP contribution in [0.2, 0.25) is 0 Å². The molecule has 4 nitrogen and oxygen atoms in total. The largest absolute Gasteiger partial charge is 0.466 e. The highest BCUT2D eigenvalue weighted by Crippen LogP contribution is 2.22. The molecule has 0 aliphatic carbocycles. The zero-order chi connectivity index (χ0) is 14.3. The van der Waals surface area contributed by atoms with E-state index in [2.05, 4.69) is 12.2 Å². The maximum atomic E-state index is 11.9. The van der Waals surface area contributed by atoms with Crippen LogP contribution in [0.5, 0.6) is 0 Å². The Kier molecular flexibility index (Phi) is 6.56. The lowest BCUT2D eigenvalue weighted by Gasteiger charge is -2.03. The first-order valence-corrected chi connectivity index (χ1v) is 7.43. The second kappa shape index (κ2) is 7.94. The van der Waals surface area contributed by atoms with Gasteiger partial charge in [-0.1, -0.05) is 13.3 Å². The number of esters is 1. The lowest BCUT2D eigenvalue weighted by atomic mass is 10.1. The van der Waals surface area contributed by atoms with E-state index in [4.69, 9.17) is 4.74 Å². The number of rotatable bonds is 7. The monoisotopic (exact) mass is 283 g/mol. The van der Waals surface area contributed by atoms with Crippen LogP contribution in [0.15, 0.2) is 6.07 Å². The average Bonchev–Trinajstić information content (AvgIpc) is 2.72. The van der Waals surface area contributed by atoms with Gasteiger partial charge in [-0.2, -0.15) is 0 Å². The van der Waals surface area contributed by atoms with Crippen molar-refractivity contribution >= 4 is 23.2 Å². The molecule has 0 unspecified atom stereocenters. The molecule has 0 bridgehead atoms. The van der Waals surface area contributed by atoms with Gasteiger partial charge in [0.1, 0.15) is 0 Å². The zero-order valence-corrected chi connectivity index (χ0v) is 12.6. The summed E-state index contributed by atoms with van der Waals surface area (Å²) in [5.41, 5.74) is 1.24. The third-order valence-electron chi connectivity index (χ3n) is 2.68. The Hall–Kier alpha value is -1.36. The highest BCUT2D eigenvalue weighted by atomic mass is 32.1. The van der Waals surface area contributed by atoms with E-state index in [1.54, 1.807) is 6.92 Å². The zero-order valence-electron chi connectivity index (χ0n) is 11.7. The lowest BCUT2D eigenvalue weighted by molar-refractivity contribution is -0.142. The number of thiophene rings is 1. The molecule has 0 aliphatic rings. The van der Waals surface area contributed by atoms with Crippen molar-refractivity contribution in [2.75, 3.05) is 13.2 Å². The summed E-state index contributed by atoms with van der Waals surface area (Å²) in [5.74, 6) is -0.392. The Bertz CT molecular complexity index is 440. The van der Waals surface area contributed by atoms with Crippen molar-refractivity contribution in [2.45, 2.75) is 40.0 Å². The summed E-state index contributed by atoms with van der Waals surface area (Å²) < 4.78 is 4.80. The summed E-state index contributed by atoms with van der Waals surface area (Å²) in [5, 5.41) is 2.74. The van der Waals surface area contributed by atoms with Crippen LogP contribution in [-0.2, 0) is 16.0 Å². The smallest absolute Gasteiger partial charge is 0.307 e. The third kappa shape index (κ3) is 5.03. The summed E-state index contributed by atoms with van der Waals surface area (Å²) in [7, 11) is 0. The number of hydrogen-bond acceptors (Lipinski definition) is 4. The molecule has 0 saturated carbocycles. The molecule has 0 spiro atoms. The quantitative estimate of drug-likeness (QED) is 0.783. The standard InChI is InChI=1S/C14H21NO3S/c1-4-6-11-9-12(19-10(11)3)14(17)15-8-7-13(16)18-5-2/h9H,4-8H2,1-3H3,(H,15,17). The summed E-state index contributed by atoms with van der Waals surface area (Å²) >= 11 is 1.50. The van der Waals surface area contributed by atoms with Crippen molar-refractivity contribution in [1.82, 2.24) is 5.32 Å². The van der Waals surface area contributed by atoms with Crippen molar-refractivity contribution in [3.63, 3.8) is 0 Å². The van der Waals surface area contributed by atoms with Gasteiger partial charge in [0.2, 0.25) is 0 Å². The van der Waals surface area contributed by atoms with Crippen LogP contribution in [0.4, 0.5) is 0 Å². The fraction of sp³-hybridized carbons (Fsp3) is 0.571. The number of carbonyl (C=O) groups is 2.